The zero-order valence-corrected chi connectivity index (χ0v) is 16.0. The van der Waals surface area contributed by atoms with Crippen molar-refractivity contribution < 1.29 is 14.4 Å². The Labute approximate surface area is 156 Å². The molecular weight excluding hydrogens is 332 g/mol. The van der Waals surface area contributed by atoms with E-state index >= 15 is 0 Å². The van der Waals surface area contributed by atoms with E-state index in [1.807, 2.05) is 14.7 Å². The van der Waals surface area contributed by atoms with Crippen molar-refractivity contribution >= 4 is 17.7 Å². The van der Waals surface area contributed by atoms with Crippen molar-refractivity contribution in [3.63, 3.8) is 0 Å². The van der Waals surface area contributed by atoms with Crippen LogP contribution >= 0.6 is 0 Å². The van der Waals surface area contributed by atoms with Gasteiger partial charge in [-0.05, 0) is 25.8 Å². The number of likely N-dealkylation sites (tertiary alicyclic amines) is 2. The Hall–Kier alpha value is -1.63. The van der Waals surface area contributed by atoms with Crippen molar-refractivity contribution in [3.05, 3.63) is 0 Å². The topological polar surface area (TPSA) is 64.2 Å². The van der Waals surface area contributed by atoms with Gasteiger partial charge in [-0.15, -0.1) is 0 Å². The fourth-order valence-corrected chi connectivity index (χ4v) is 4.27. The van der Waals surface area contributed by atoms with Crippen LogP contribution in [0.4, 0.5) is 0 Å². The van der Waals surface area contributed by atoms with Crippen LogP contribution in [0.25, 0.3) is 0 Å². The number of nitrogens with zero attached hydrogens (tertiary/aromatic N) is 4. The third kappa shape index (κ3) is 4.55. The van der Waals surface area contributed by atoms with Crippen LogP contribution in [0.3, 0.4) is 0 Å². The Balaban J connectivity index is 1.45. The van der Waals surface area contributed by atoms with E-state index in [0.29, 0.717) is 32.4 Å². The van der Waals surface area contributed by atoms with Gasteiger partial charge in [0.15, 0.2) is 0 Å². The largest absolute Gasteiger partial charge is 0.343 e. The number of likely N-dealkylation sites (N-methyl/N-ethyl adjacent to an activating group) is 1. The summed E-state index contributed by atoms with van der Waals surface area (Å²) in [6, 6.07) is 0. The molecule has 7 heteroatoms. The normalized spacial score (nSPS) is 25.3. The maximum absolute atomic E-state index is 12.8. The van der Waals surface area contributed by atoms with Crippen molar-refractivity contribution in [2.75, 3.05) is 58.9 Å². The average molecular weight is 364 g/mol. The van der Waals surface area contributed by atoms with E-state index < -0.39 is 0 Å². The van der Waals surface area contributed by atoms with E-state index in [9.17, 15) is 14.4 Å². The molecule has 0 spiro atoms. The third-order valence-corrected chi connectivity index (χ3v) is 6.01. The summed E-state index contributed by atoms with van der Waals surface area (Å²) in [4.78, 5) is 44.8. The molecular formula is C19H32N4O3. The average Bonchev–Trinajstić information content (AvgIpc) is 3.07. The molecule has 3 amide bonds. The highest BCUT2D eigenvalue weighted by atomic mass is 16.2. The van der Waals surface area contributed by atoms with Gasteiger partial charge in [-0.25, -0.2) is 0 Å². The van der Waals surface area contributed by atoms with Crippen LogP contribution < -0.4 is 0 Å². The number of hydrogen-bond donors (Lipinski definition) is 0. The number of rotatable bonds is 6. The Morgan fingerprint density at radius 2 is 1.65 bits per heavy atom. The summed E-state index contributed by atoms with van der Waals surface area (Å²) in [5, 5.41) is 0. The van der Waals surface area contributed by atoms with Gasteiger partial charge in [0.1, 0.15) is 0 Å². The highest BCUT2D eigenvalue weighted by molar-refractivity contribution is 5.84. The van der Waals surface area contributed by atoms with Gasteiger partial charge in [0, 0.05) is 65.2 Å². The van der Waals surface area contributed by atoms with E-state index in [1.54, 1.807) is 0 Å². The van der Waals surface area contributed by atoms with Gasteiger partial charge < -0.3 is 19.6 Å². The van der Waals surface area contributed by atoms with Crippen molar-refractivity contribution in [1.82, 2.24) is 19.6 Å². The van der Waals surface area contributed by atoms with Crippen LogP contribution in [0.15, 0.2) is 0 Å². The Morgan fingerprint density at radius 1 is 0.962 bits per heavy atom. The number of carbonyl (C=O) groups excluding carboxylic acids is 3. The molecule has 0 aromatic carbocycles. The van der Waals surface area contributed by atoms with E-state index in [2.05, 4.69) is 11.8 Å². The first-order valence-electron chi connectivity index (χ1n) is 10.1. The van der Waals surface area contributed by atoms with E-state index in [-0.39, 0.29) is 23.6 Å². The minimum Gasteiger partial charge on any atom is -0.343 e. The molecule has 0 bridgehead atoms. The predicted octanol–water partition coefficient (Wildman–Crippen LogP) is 0.402. The second-order valence-electron chi connectivity index (χ2n) is 7.67. The van der Waals surface area contributed by atoms with E-state index in [1.165, 1.54) is 0 Å². The molecule has 0 aromatic heterocycles. The number of piperazine rings is 1. The lowest BCUT2D eigenvalue weighted by Crippen LogP contribution is -2.53. The molecule has 1 atom stereocenters. The van der Waals surface area contributed by atoms with Gasteiger partial charge in [0.2, 0.25) is 17.7 Å². The Kier molecular flexibility index (Phi) is 6.51. The molecule has 0 aromatic rings. The fraction of sp³-hybridized carbons (Fsp3) is 0.842. The van der Waals surface area contributed by atoms with Gasteiger partial charge in [-0.2, -0.15) is 0 Å². The summed E-state index contributed by atoms with van der Waals surface area (Å²) in [6.45, 7) is 9.43. The van der Waals surface area contributed by atoms with Crippen molar-refractivity contribution in [3.8, 4) is 0 Å². The highest BCUT2D eigenvalue weighted by Crippen LogP contribution is 2.21. The first kappa shape index (κ1) is 19.1. The quantitative estimate of drug-likeness (QED) is 0.684. The first-order valence-corrected chi connectivity index (χ1v) is 10.1. The summed E-state index contributed by atoms with van der Waals surface area (Å²) < 4.78 is 0. The molecule has 0 aliphatic carbocycles. The smallest absolute Gasteiger partial charge is 0.227 e. The summed E-state index contributed by atoms with van der Waals surface area (Å²) >= 11 is 0. The highest BCUT2D eigenvalue weighted by Gasteiger charge is 2.33. The molecule has 0 unspecified atom stereocenters. The van der Waals surface area contributed by atoms with E-state index in [4.69, 9.17) is 0 Å². The minimum atomic E-state index is -0.0608. The van der Waals surface area contributed by atoms with Gasteiger partial charge in [0.25, 0.3) is 0 Å². The van der Waals surface area contributed by atoms with Gasteiger partial charge in [0.05, 0.1) is 5.92 Å². The first-order chi connectivity index (χ1) is 12.6. The molecule has 0 saturated carbocycles. The lowest BCUT2D eigenvalue weighted by Gasteiger charge is -2.38. The maximum atomic E-state index is 12.8. The summed E-state index contributed by atoms with van der Waals surface area (Å²) in [7, 11) is 0. The number of hydrogen-bond acceptors (Lipinski definition) is 4. The molecule has 3 aliphatic rings. The second-order valence-corrected chi connectivity index (χ2v) is 7.67. The monoisotopic (exact) mass is 364 g/mol. The zero-order valence-electron chi connectivity index (χ0n) is 16.0. The molecule has 146 valence electrons. The second kappa shape index (κ2) is 8.84. The minimum absolute atomic E-state index is 0.0608. The zero-order chi connectivity index (χ0) is 18.5. The van der Waals surface area contributed by atoms with Crippen molar-refractivity contribution in [2.45, 2.75) is 39.0 Å². The van der Waals surface area contributed by atoms with Gasteiger partial charge in [-0.1, -0.05) is 6.92 Å². The Morgan fingerprint density at radius 3 is 2.31 bits per heavy atom. The lowest BCUT2D eigenvalue weighted by atomic mass is 9.95. The van der Waals surface area contributed by atoms with Crippen LogP contribution in [-0.2, 0) is 14.4 Å². The molecule has 3 saturated heterocycles. The third-order valence-electron chi connectivity index (χ3n) is 6.01. The van der Waals surface area contributed by atoms with Crippen molar-refractivity contribution in [1.29, 1.82) is 0 Å². The molecule has 0 N–H and O–H groups in total. The maximum Gasteiger partial charge on any atom is 0.227 e. The molecule has 3 fully saturated rings. The van der Waals surface area contributed by atoms with Crippen LogP contribution in [0.5, 0.6) is 0 Å². The van der Waals surface area contributed by atoms with E-state index in [0.717, 1.165) is 58.7 Å². The standard InChI is InChI=1S/C19H32N4O3/c1-2-20-11-13-22(14-12-20)19(26)16-6-7-18(25)23(15-16)10-4-9-21-8-3-5-17(21)24/h16H,2-15H2,1H3/t16-/m1/s1. The number of piperidine rings is 1. The summed E-state index contributed by atoms with van der Waals surface area (Å²) in [5.74, 6) is 0.536. The van der Waals surface area contributed by atoms with Crippen LogP contribution in [0.2, 0.25) is 0 Å². The van der Waals surface area contributed by atoms with Gasteiger partial charge >= 0.3 is 0 Å². The number of carbonyl (C=O) groups is 3. The molecule has 3 heterocycles. The van der Waals surface area contributed by atoms with Crippen molar-refractivity contribution in [2.24, 2.45) is 5.92 Å². The fourth-order valence-electron chi connectivity index (χ4n) is 4.27. The van der Waals surface area contributed by atoms with Crippen LogP contribution in [-0.4, -0.2) is 96.2 Å². The Bertz CT molecular complexity index is 531. The molecule has 26 heavy (non-hydrogen) atoms. The molecule has 0 radical (unpaired) electrons. The van der Waals surface area contributed by atoms with Crippen LogP contribution in [0.1, 0.15) is 39.0 Å². The summed E-state index contributed by atoms with van der Waals surface area (Å²) in [5.41, 5.74) is 0. The molecule has 7 nitrogen and oxygen atoms in total. The predicted molar refractivity (Wildman–Crippen MR) is 98.4 cm³/mol. The number of amides is 3. The molecule has 3 aliphatic heterocycles. The van der Waals surface area contributed by atoms with Gasteiger partial charge in [-0.3, -0.25) is 14.4 Å². The van der Waals surface area contributed by atoms with Crippen LogP contribution in [0, 0.1) is 5.92 Å². The lowest BCUT2D eigenvalue weighted by molar-refractivity contribution is -0.144. The summed E-state index contributed by atoms with van der Waals surface area (Å²) in [6.07, 6.45) is 3.54. The molecule has 3 rings (SSSR count). The SMILES string of the molecule is CCN1CCN(C(=O)[C@@H]2CCC(=O)N(CCCN3CCCC3=O)C2)CC1.